The molecular formula is C22H31IN4O4. The second kappa shape index (κ2) is 14.5. The lowest BCUT2D eigenvalue weighted by atomic mass is 10.1. The molecular weight excluding hydrogens is 511 g/mol. The number of nitrogens with zero attached hydrogens (tertiary/aromatic N) is 1. The van der Waals surface area contributed by atoms with E-state index in [4.69, 9.17) is 9.47 Å². The van der Waals surface area contributed by atoms with Crippen molar-refractivity contribution >= 4 is 41.7 Å². The summed E-state index contributed by atoms with van der Waals surface area (Å²) in [7, 11) is 4.71. The summed E-state index contributed by atoms with van der Waals surface area (Å²) in [6.45, 7) is 4.24. The number of hydrogen-bond acceptors (Lipinski definition) is 5. The molecule has 0 aliphatic rings. The smallest absolute Gasteiger partial charge is 0.411 e. The van der Waals surface area contributed by atoms with Crippen molar-refractivity contribution in [3.05, 3.63) is 59.2 Å². The van der Waals surface area contributed by atoms with E-state index in [0.717, 1.165) is 22.4 Å². The largest absolute Gasteiger partial charge is 0.491 e. The highest BCUT2D eigenvalue weighted by atomic mass is 127. The number of aliphatic imine (C=N–C) groups is 1. The minimum atomic E-state index is -0.493. The molecule has 0 unspecified atom stereocenters. The van der Waals surface area contributed by atoms with Crippen molar-refractivity contribution in [3.63, 3.8) is 0 Å². The normalized spacial score (nSPS) is 10.6. The van der Waals surface area contributed by atoms with E-state index in [9.17, 15) is 4.79 Å². The number of nitrogens with one attached hydrogen (secondary N) is 3. The molecule has 0 spiro atoms. The van der Waals surface area contributed by atoms with E-state index in [2.05, 4.69) is 31.7 Å². The van der Waals surface area contributed by atoms with Gasteiger partial charge in [-0.05, 0) is 36.2 Å². The molecule has 8 nitrogen and oxygen atoms in total. The molecule has 0 aromatic heterocycles. The Hall–Kier alpha value is -2.53. The number of carbonyl (C=O) groups is 1. The lowest BCUT2D eigenvalue weighted by Crippen LogP contribution is -2.36. The van der Waals surface area contributed by atoms with Gasteiger partial charge in [0.25, 0.3) is 0 Å². The van der Waals surface area contributed by atoms with Gasteiger partial charge in [0.05, 0.1) is 13.7 Å². The lowest BCUT2D eigenvalue weighted by Gasteiger charge is -2.15. The van der Waals surface area contributed by atoms with E-state index >= 15 is 0 Å². The van der Waals surface area contributed by atoms with Gasteiger partial charge < -0.3 is 24.8 Å². The molecule has 9 heteroatoms. The number of carbonyl (C=O) groups excluding carboxylic acids is 1. The molecule has 0 bridgehead atoms. The fourth-order valence-corrected chi connectivity index (χ4v) is 2.64. The first kappa shape index (κ1) is 26.5. The maximum Gasteiger partial charge on any atom is 0.411 e. The Morgan fingerprint density at radius 3 is 2.35 bits per heavy atom. The summed E-state index contributed by atoms with van der Waals surface area (Å²) in [5.41, 5.74) is 3.90. The molecule has 0 heterocycles. The zero-order valence-corrected chi connectivity index (χ0v) is 20.7. The monoisotopic (exact) mass is 542 g/mol. The van der Waals surface area contributed by atoms with Crippen molar-refractivity contribution < 1.29 is 19.0 Å². The van der Waals surface area contributed by atoms with Crippen LogP contribution in [0.25, 0.3) is 0 Å². The number of ether oxygens (including phenoxy) is 3. The van der Waals surface area contributed by atoms with Gasteiger partial charge >= 0.3 is 6.09 Å². The van der Waals surface area contributed by atoms with Gasteiger partial charge in [0, 0.05) is 38.5 Å². The predicted octanol–water partition coefficient (Wildman–Crippen LogP) is 3.68. The summed E-state index contributed by atoms with van der Waals surface area (Å²) < 4.78 is 15.5. The molecule has 170 valence electrons. The Morgan fingerprint density at radius 2 is 1.71 bits per heavy atom. The molecule has 0 saturated carbocycles. The van der Waals surface area contributed by atoms with Crippen LogP contribution in [0.3, 0.4) is 0 Å². The summed E-state index contributed by atoms with van der Waals surface area (Å²) in [4.78, 5) is 15.5. The van der Waals surface area contributed by atoms with Gasteiger partial charge in [-0.15, -0.1) is 24.0 Å². The van der Waals surface area contributed by atoms with Crippen LogP contribution >= 0.6 is 24.0 Å². The van der Waals surface area contributed by atoms with Crippen molar-refractivity contribution in [1.29, 1.82) is 0 Å². The molecule has 3 N–H and O–H groups in total. The third-order valence-electron chi connectivity index (χ3n) is 4.28. The predicted molar refractivity (Wildman–Crippen MR) is 133 cm³/mol. The standard InChI is InChI=1S/C22H30N4O4.HI/c1-16-5-8-18(20(13-16)30-12-11-28-3)15-25-21(23-2)24-14-17-6-9-19(10-7-17)26-22(27)29-4;/h5-10,13H,11-12,14-15H2,1-4H3,(H,26,27)(H2,23,24,25);1H. The summed E-state index contributed by atoms with van der Waals surface area (Å²) >= 11 is 0. The summed E-state index contributed by atoms with van der Waals surface area (Å²) in [6, 6.07) is 13.6. The third-order valence-corrected chi connectivity index (χ3v) is 4.28. The summed E-state index contributed by atoms with van der Waals surface area (Å²) in [5, 5.41) is 9.21. The highest BCUT2D eigenvalue weighted by Gasteiger charge is 2.07. The number of rotatable bonds is 9. The van der Waals surface area contributed by atoms with Gasteiger partial charge in [-0.3, -0.25) is 10.3 Å². The molecule has 31 heavy (non-hydrogen) atoms. The third kappa shape index (κ3) is 9.43. The number of hydrogen-bond donors (Lipinski definition) is 3. The second-order valence-corrected chi connectivity index (χ2v) is 6.55. The maximum atomic E-state index is 11.2. The molecule has 0 radical (unpaired) electrons. The Kier molecular flexibility index (Phi) is 12.4. The maximum absolute atomic E-state index is 11.2. The Labute approximate surface area is 200 Å². The average Bonchev–Trinajstić information content (AvgIpc) is 2.76. The number of benzene rings is 2. The van der Waals surface area contributed by atoms with Gasteiger partial charge in [-0.25, -0.2) is 4.79 Å². The average molecular weight is 542 g/mol. The van der Waals surface area contributed by atoms with Gasteiger partial charge in [0.1, 0.15) is 12.4 Å². The summed E-state index contributed by atoms with van der Waals surface area (Å²) in [5.74, 6) is 1.51. The Morgan fingerprint density at radius 1 is 1.00 bits per heavy atom. The van der Waals surface area contributed by atoms with Crippen LogP contribution in [0.5, 0.6) is 5.75 Å². The minimum Gasteiger partial charge on any atom is -0.491 e. The van der Waals surface area contributed by atoms with E-state index in [1.54, 1.807) is 14.2 Å². The molecule has 2 rings (SSSR count). The first-order valence-electron chi connectivity index (χ1n) is 9.65. The fourth-order valence-electron chi connectivity index (χ4n) is 2.64. The van der Waals surface area contributed by atoms with E-state index in [1.165, 1.54) is 7.11 Å². The lowest BCUT2D eigenvalue weighted by molar-refractivity contribution is 0.145. The van der Waals surface area contributed by atoms with Crippen LogP contribution in [0, 0.1) is 6.92 Å². The molecule has 2 aromatic rings. The Balaban J connectivity index is 0.00000480. The van der Waals surface area contributed by atoms with E-state index in [1.807, 2.05) is 43.3 Å². The SMILES string of the molecule is CN=C(NCc1ccc(NC(=O)OC)cc1)NCc1ccc(C)cc1OCCOC.I. The van der Waals surface area contributed by atoms with Crippen LogP contribution in [0.4, 0.5) is 10.5 Å². The second-order valence-electron chi connectivity index (χ2n) is 6.55. The van der Waals surface area contributed by atoms with Crippen LogP contribution < -0.4 is 20.7 Å². The fraction of sp³-hybridized carbons (Fsp3) is 0.364. The quantitative estimate of drug-likeness (QED) is 0.194. The first-order chi connectivity index (χ1) is 14.5. The Bertz CT molecular complexity index is 844. The van der Waals surface area contributed by atoms with E-state index in [-0.39, 0.29) is 24.0 Å². The number of anilines is 1. The number of halogens is 1. The number of aryl methyl sites for hydroxylation is 1. The first-order valence-corrected chi connectivity index (χ1v) is 9.65. The molecule has 2 aromatic carbocycles. The number of methoxy groups -OCH3 is 2. The van der Waals surface area contributed by atoms with Gasteiger partial charge in [0.15, 0.2) is 5.96 Å². The molecule has 0 aliphatic heterocycles. The van der Waals surface area contributed by atoms with Crippen LogP contribution in [-0.4, -0.2) is 46.5 Å². The number of guanidine groups is 1. The highest BCUT2D eigenvalue weighted by molar-refractivity contribution is 14.0. The van der Waals surface area contributed by atoms with Crippen molar-refractivity contribution in [2.75, 3.05) is 39.8 Å². The topological polar surface area (TPSA) is 93.2 Å². The van der Waals surface area contributed by atoms with Crippen LogP contribution in [0.2, 0.25) is 0 Å². The highest BCUT2D eigenvalue weighted by Crippen LogP contribution is 2.20. The molecule has 0 saturated heterocycles. The molecule has 0 atom stereocenters. The van der Waals surface area contributed by atoms with Crippen molar-refractivity contribution in [3.8, 4) is 5.75 Å². The zero-order valence-electron chi connectivity index (χ0n) is 18.4. The van der Waals surface area contributed by atoms with E-state index < -0.39 is 6.09 Å². The molecule has 0 aliphatic carbocycles. The molecule has 0 fully saturated rings. The van der Waals surface area contributed by atoms with Crippen LogP contribution in [0.15, 0.2) is 47.5 Å². The minimum absolute atomic E-state index is 0. The zero-order chi connectivity index (χ0) is 21.8. The van der Waals surface area contributed by atoms with Crippen molar-refractivity contribution in [2.24, 2.45) is 4.99 Å². The number of amides is 1. The van der Waals surface area contributed by atoms with Crippen molar-refractivity contribution in [2.45, 2.75) is 20.0 Å². The van der Waals surface area contributed by atoms with Gasteiger partial charge in [-0.1, -0.05) is 24.3 Å². The van der Waals surface area contributed by atoms with Gasteiger partial charge in [-0.2, -0.15) is 0 Å². The van der Waals surface area contributed by atoms with Crippen LogP contribution in [-0.2, 0) is 22.6 Å². The molecule has 1 amide bonds. The summed E-state index contributed by atoms with van der Waals surface area (Å²) in [6.07, 6.45) is -0.493. The van der Waals surface area contributed by atoms with E-state index in [0.29, 0.717) is 38.0 Å². The van der Waals surface area contributed by atoms with Gasteiger partial charge in [0.2, 0.25) is 0 Å². The van der Waals surface area contributed by atoms with Crippen LogP contribution in [0.1, 0.15) is 16.7 Å². The van der Waals surface area contributed by atoms with Crippen molar-refractivity contribution in [1.82, 2.24) is 10.6 Å².